The summed E-state index contributed by atoms with van der Waals surface area (Å²) in [6.45, 7) is 0. The van der Waals surface area contributed by atoms with E-state index >= 15 is 0 Å². The number of fused-ring (bicyclic) bond motifs is 1. The van der Waals surface area contributed by atoms with Crippen LogP contribution in [0.4, 0.5) is 0 Å². The van der Waals surface area contributed by atoms with Crippen LogP contribution in [0, 0.1) is 17.8 Å². The lowest BCUT2D eigenvalue weighted by Gasteiger charge is -2.56. The molecule has 0 spiro atoms. The highest BCUT2D eigenvalue weighted by molar-refractivity contribution is 5.24. The van der Waals surface area contributed by atoms with E-state index < -0.39 is 0 Å². The standard InChI is InChI=1S/C17H25N3/c18-15-3-1-2-14-10-20(19-16(14)15)17-7-11-4-12(8-17)6-13(5-11)9-17/h10-13,15H,1-9,18H2. The Morgan fingerprint density at radius 1 is 1.10 bits per heavy atom. The van der Waals surface area contributed by atoms with Crippen molar-refractivity contribution in [2.45, 2.75) is 69.4 Å². The lowest BCUT2D eigenvalue weighted by molar-refractivity contribution is -0.0496. The Morgan fingerprint density at radius 2 is 1.75 bits per heavy atom. The molecule has 0 aromatic carbocycles. The molecule has 0 amide bonds. The molecule has 20 heavy (non-hydrogen) atoms. The van der Waals surface area contributed by atoms with Crippen LogP contribution in [0.3, 0.4) is 0 Å². The largest absolute Gasteiger partial charge is 0.323 e. The maximum Gasteiger partial charge on any atom is 0.0823 e. The number of aromatic nitrogens is 2. The molecule has 5 aliphatic carbocycles. The highest BCUT2D eigenvalue weighted by Gasteiger charge is 2.52. The molecule has 2 N–H and O–H groups in total. The second-order valence-electron chi connectivity index (χ2n) is 8.12. The van der Waals surface area contributed by atoms with Crippen molar-refractivity contribution in [3.05, 3.63) is 17.5 Å². The topological polar surface area (TPSA) is 43.8 Å². The molecule has 1 aromatic rings. The van der Waals surface area contributed by atoms with E-state index in [1.165, 1.54) is 62.6 Å². The van der Waals surface area contributed by atoms with Crippen molar-refractivity contribution in [1.29, 1.82) is 0 Å². The summed E-state index contributed by atoms with van der Waals surface area (Å²) >= 11 is 0. The summed E-state index contributed by atoms with van der Waals surface area (Å²) in [6.07, 6.45) is 14.6. The Hall–Kier alpha value is -0.830. The van der Waals surface area contributed by atoms with Gasteiger partial charge in [-0.25, -0.2) is 0 Å². The van der Waals surface area contributed by atoms with E-state index in [-0.39, 0.29) is 6.04 Å². The minimum absolute atomic E-state index is 0.189. The fourth-order valence-corrected chi connectivity index (χ4v) is 6.17. The molecule has 0 saturated heterocycles. The predicted octanol–water partition coefficient (Wildman–Crippen LogP) is 3.14. The Bertz CT molecular complexity index is 509. The van der Waals surface area contributed by atoms with Gasteiger partial charge in [0.25, 0.3) is 0 Å². The van der Waals surface area contributed by atoms with Crippen LogP contribution in [-0.2, 0) is 12.0 Å². The van der Waals surface area contributed by atoms with Crippen LogP contribution in [0.1, 0.15) is 68.7 Å². The maximum absolute atomic E-state index is 6.28. The van der Waals surface area contributed by atoms with Crippen LogP contribution in [0.25, 0.3) is 0 Å². The second-order valence-corrected chi connectivity index (χ2v) is 8.12. The Balaban J connectivity index is 1.56. The molecular formula is C17H25N3. The maximum atomic E-state index is 6.28. The smallest absolute Gasteiger partial charge is 0.0823 e. The van der Waals surface area contributed by atoms with E-state index in [0.29, 0.717) is 5.54 Å². The fourth-order valence-electron chi connectivity index (χ4n) is 6.17. The molecule has 108 valence electrons. The molecule has 4 fully saturated rings. The summed E-state index contributed by atoms with van der Waals surface area (Å²) in [5, 5.41) is 5.01. The van der Waals surface area contributed by atoms with Gasteiger partial charge in [0.2, 0.25) is 0 Å². The molecule has 1 unspecified atom stereocenters. The predicted molar refractivity (Wildman–Crippen MR) is 78.2 cm³/mol. The van der Waals surface area contributed by atoms with Crippen molar-refractivity contribution in [1.82, 2.24) is 9.78 Å². The Labute approximate surface area is 120 Å². The lowest BCUT2D eigenvalue weighted by Crippen LogP contribution is -2.52. The molecule has 4 bridgehead atoms. The third-order valence-electron chi connectivity index (χ3n) is 6.63. The van der Waals surface area contributed by atoms with Gasteiger partial charge in [-0.1, -0.05) is 0 Å². The first-order valence-electron chi connectivity index (χ1n) is 8.56. The van der Waals surface area contributed by atoms with Gasteiger partial charge in [-0.05, 0) is 81.1 Å². The van der Waals surface area contributed by atoms with Gasteiger partial charge in [0.15, 0.2) is 0 Å². The van der Waals surface area contributed by atoms with E-state index in [9.17, 15) is 0 Å². The van der Waals surface area contributed by atoms with Gasteiger partial charge in [-0.3, -0.25) is 4.68 Å². The van der Waals surface area contributed by atoms with Crippen LogP contribution in [-0.4, -0.2) is 9.78 Å². The summed E-state index contributed by atoms with van der Waals surface area (Å²) in [6, 6.07) is 0.189. The molecule has 0 aliphatic heterocycles. The van der Waals surface area contributed by atoms with Crippen molar-refractivity contribution in [3.63, 3.8) is 0 Å². The molecule has 6 rings (SSSR count). The normalized spacial score (nSPS) is 45.6. The SMILES string of the molecule is NC1CCCc2cn(C34CC5CC(CC(C5)C3)C4)nc21. The van der Waals surface area contributed by atoms with Crippen molar-refractivity contribution in [3.8, 4) is 0 Å². The number of nitrogens with zero attached hydrogens (tertiary/aromatic N) is 2. The second kappa shape index (κ2) is 3.88. The van der Waals surface area contributed by atoms with Gasteiger partial charge in [0, 0.05) is 12.2 Å². The van der Waals surface area contributed by atoms with Crippen LogP contribution in [0.2, 0.25) is 0 Å². The minimum atomic E-state index is 0.189. The number of hydrogen-bond donors (Lipinski definition) is 1. The molecule has 3 heteroatoms. The van der Waals surface area contributed by atoms with Crippen molar-refractivity contribution in [2.75, 3.05) is 0 Å². The molecule has 4 saturated carbocycles. The van der Waals surface area contributed by atoms with Crippen LogP contribution < -0.4 is 5.73 Å². The van der Waals surface area contributed by atoms with E-state index in [1.54, 1.807) is 0 Å². The third-order valence-corrected chi connectivity index (χ3v) is 6.63. The molecule has 1 aromatic heterocycles. The summed E-state index contributed by atoms with van der Waals surface area (Å²) in [4.78, 5) is 0. The average molecular weight is 271 g/mol. The van der Waals surface area contributed by atoms with Crippen LogP contribution >= 0.6 is 0 Å². The molecule has 5 aliphatic rings. The van der Waals surface area contributed by atoms with Crippen molar-refractivity contribution < 1.29 is 0 Å². The number of nitrogens with two attached hydrogens (primary N) is 1. The lowest BCUT2D eigenvalue weighted by atomic mass is 9.53. The summed E-state index contributed by atoms with van der Waals surface area (Å²) in [5.41, 5.74) is 9.30. The summed E-state index contributed by atoms with van der Waals surface area (Å²) in [5.74, 6) is 2.95. The monoisotopic (exact) mass is 271 g/mol. The zero-order chi connectivity index (χ0) is 13.3. The quantitative estimate of drug-likeness (QED) is 0.852. The van der Waals surface area contributed by atoms with Crippen molar-refractivity contribution in [2.24, 2.45) is 23.5 Å². The van der Waals surface area contributed by atoms with E-state index in [0.717, 1.165) is 24.2 Å². The van der Waals surface area contributed by atoms with Crippen molar-refractivity contribution >= 4 is 0 Å². The van der Waals surface area contributed by atoms with Gasteiger partial charge >= 0.3 is 0 Å². The van der Waals surface area contributed by atoms with Gasteiger partial charge in [-0.15, -0.1) is 0 Å². The average Bonchev–Trinajstić information content (AvgIpc) is 2.83. The first-order chi connectivity index (χ1) is 9.72. The first-order valence-corrected chi connectivity index (χ1v) is 8.56. The van der Waals surface area contributed by atoms with E-state index in [1.807, 2.05) is 0 Å². The van der Waals surface area contributed by atoms with E-state index in [4.69, 9.17) is 10.8 Å². The molecule has 0 radical (unpaired) electrons. The zero-order valence-corrected chi connectivity index (χ0v) is 12.2. The number of rotatable bonds is 1. The molecule has 3 nitrogen and oxygen atoms in total. The number of aryl methyl sites for hydroxylation is 1. The fraction of sp³-hybridized carbons (Fsp3) is 0.824. The van der Waals surface area contributed by atoms with Crippen LogP contribution in [0.5, 0.6) is 0 Å². The van der Waals surface area contributed by atoms with Gasteiger partial charge in [0.05, 0.1) is 11.2 Å². The van der Waals surface area contributed by atoms with Gasteiger partial charge < -0.3 is 5.73 Å². The van der Waals surface area contributed by atoms with Crippen LogP contribution in [0.15, 0.2) is 6.20 Å². The highest BCUT2D eigenvalue weighted by atomic mass is 15.3. The minimum Gasteiger partial charge on any atom is -0.323 e. The molecule has 1 heterocycles. The van der Waals surface area contributed by atoms with Gasteiger partial charge in [-0.2, -0.15) is 5.10 Å². The number of hydrogen-bond acceptors (Lipinski definition) is 2. The zero-order valence-electron chi connectivity index (χ0n) is 12.2. The molecular weight excluding hydrogens is 246 g/mol. The van der Waals surface area contributed by atoms with Gasteiger partial charge in [0.1, 0.15) is 0 Å². The summed E-state index contributed by atoms with van der Waals surface area (Å²) < 4.78 is 2.40. The first kappa shape index (κ1) is 11.8. The Morgan fingerprint density at radius 3 is 2.35 bits per heavy atom. The summed E-state index contributed by atoms with van der Waals surface area (Å²) in [7, 11) is 0. The van der Waals surface area contributed by atoms with E-state index in [2.05, 4.69) is 10.9 Å². The molecule has 1 atom stereocenters. The Kier molecular flexibility index (Phi) is 2.29. The third kappa shape index (κ3) is 1.53. The highest BCUT2D eigenvalue weighted by Crippen LogP contribution is 2.58.